The zero-order chi connectivity index (χ0) is 9.26. The first-order valence-electron chi connectivity index (χ1n) is 4.73. The normalized spacial score (nSPS) is 26.6. The van der Waals surface area contributed by atoms with Crippen LogP contribution in [0.3, 0.4) is 0 Å². The zero-order valence-corrected chi connectivity index (χ0v) is 7.76. The van der Waals surface area contributed by atoms with Crippen molar-refractivity contribution in [3.63, 3.8) is 0 Å². The number of hydrogen-bond donors (Lipinski definition) is 1. The van der Waals surface area contributed by atoms with Crippen LogP contribution in [0.25, 0.3) is 0 Å². The van der Waals surface area contributed by atoms with Crippen LogP contribution < -0.4 is 5.32 Å². The molecule has 70 valence electrons. The molecule has 1 aromatic carbocycles. The lowest BCUT2D eigenvalue weighted by Crippen LogP contribution is -2.40. The Morgan fingerprint density at radius 1 is 1.31 bits per heavy atom. The van der Waals surface area contributed by atoms with E-state index in [9.17, 15) is 4.39 Å². The van der Waals surface area contributed by atoms with Crippen LogP contribution in [0.2, 0.25) is 0 Å². The molecule has 1 saturated carbocycles. The van der Waals surface area contributed by atoms with Gasteiger partial charge in [-0.15, -0.1) is 0 Å². The molecule has 0 amide bonds. The number of hydrogen-bond acceptors (Lipinski definition) is 1. The van der Waals surface area contributed by atoms with E-state index in [1.165, 1.54) is 5.56 Å². The highest BCUT2D eigenvalue weighted by Gasteiger charge is 2.30. The van der Waals surface area contributed by atoms with E-state index in [1.54, 1.807) is 0 Å². The summed E-state index contributed by atoms with van der Waals surface area (Å²) in [6, 6.07) is 8.05. The second kappa shape index (κ2) is 3.36. The van der Waals surface area contributed by atoms with Crippen LogP contribution in [0.1, 0.15) is 18.4 Å². The van der Waals surface area contributed by atoms with Gasteiger partial charge in [0.1, 0.15) is 6.17 Å². The fourth-order valence-electron chi connectivity index (χ4n) is 1.56. The average molecular weight is 179 g/mol. The van der Waals surface area contributed by atoms with Crippen LogP contribution >= 0.6 is 0 Å². The number of rotatable bonds is 2. The molecule has 0 spiro atoms. The van der Waals surface area contributed by atoms with Crippen molar-refractivity contribution in [1.29, 1.82) is 0 Å². The molecule has 1 aliphatic rings. The van der Waals surface area contributed by atoms with Gasteiger partial charge >= 0.3 is 0 Å². The molecule has 1 aromatic rings. The van der Waals surface area contributed by atoms with Gasteiger partial charge in [-0.3, -0.25) is 0 Å². The summed E-state index contributed by atoms with van der Waals surface area (Å²) in [5.41, 5.74) is 2.25. The van der Waals surface area contributed by atoms with Gasteiger partial charge in [0.05, 0.1) is 6.04 Å². The Morgan fingerprint density at radius 2 is 2.08 bits per heavy atom. The highest BCUT2D eigenvalue weighted by atomic mass is 19.1. The molecular weight excluding hydrogens is 165 g/mol. The molecule has 2 atom stereocenters. The fraction of sp³-hybridized carbons (Fsp3) is 0.455. The molecule has 0 heterocycles. The van der Waals surface area contributed by atoms with E-state index in [0.29, 0.717) is 6.42 Å². The van der Waals surface area contributed by atoms with Gasteiger partial charge in [-0.2, -0.15) is 0 Å². The van der Waals surface area contributed by atoms with Gasteiger partial charge in [-0.1, -0.05) is 18.2 Å². The van der Waals surface area contributed by atoms with Crippen molar-refractivity contribution in [2.24, 2.45) is 0 Å². The lowest BCUT2D eigenvalue weighted by atomic mass is 9.90. The SMILES string of the molecule is Cc1ccccc1NC1CCC1F. The third-order valence-electron chi connectivity index (χ3n) is 2.68. The number of halogens is 1. The first-order valence-corrected chi connectivity index (χ1v) is 4.73. The largest absolute Gasteiger partial charge is 0.379 e. The maximum absolute atomic E-state index is 12.9. The van der Waals surface area contributed by atoms with Gasteiger partial charge < -0.3 is 5.32 Å². The number of para-hydroxylation sites is 1. The molecule has 0 bridgehead atoms. The summed E-state index contributed by atoms with van der Waals surface area (Å²) in [5.74, 6) is 0. The van der Waals surface area contributed by atoms with E-state index in [1.807, 2.05) is 31.2 Å². The van der Waals surface area contributed by atoms with Crippen LogP contribution in [0.5, 0.6) is 0 Å². The molecule has 1 fully saturated rings. The zero-order valence-electron chi connectivity index (χ0n) is 7.76. The lowest BCUT2D eigenvalue weighted by molar-refractivity contribution is 0.186. The standard InChI is InChI=1S/C11H14FN/c1-8-4-2-3-5-10(8)13-11-7-6-9(11)12/h2-5,9,11,13H,6-7H2,1H3. The van der Waals surface area contributed by atoms with Crippen LogP contribution in [0.15, 0.2) is 24.3 Å². The molecule has 0 radical (unpaired) electrons. The van der Waals surface area contributed by atoms with Crippen LogP contribution in [0.4, 0.5) is 10.1 Å². The number of aryl methyl sites for hydroxylation is 1. The van der Waals surface area contributed by atoms with Crippen molar-refractivity contribution in [1.82, 2.24) is 0 Å². The molecule has 0 aromatic heterocycles. The van der Waals surface area contributed by atoms with Crippen LogP contribution in [-0.2, 0) is 0 Å². The molecule has 0 aliphatic heterocycles. The molecule has 2 heteroatoms. The van der Waals surface area contributed by atoms with Gasteiger partial charge in [0.25, 0.3) is 0 Å². The fourth-order valence-corrected chi connectivity index (χ4v) is 1.56. The van der Waals surface area contributed by atoms with E-state index < -0.39 is 6.17 Å². The Kier molecular flexibility index (Phi) is 2.21. The third kappa shape index (κ3) is 1.67. The summed E-state index contributed by atoms with van der Waals surface area (Å²) in [4.78, 5) is 0. The predicted octanol–water partition coefficient (Wildman–Crippen LogP) is 2.91. The molecule has 2 rings (SSSR count). The van der Waals surface area contributed by atoms with Gasteiger partial charge in [0.15, 0.2) is 0 Å². The van der Waals surface area contributed by atoms with Gasteiger partial charge in [0.2, 0.25) is 0 Å². The van der Waals surface area contributed by atoms with Crippen LogP contribution in [-0.4, -0.2) is 12.2 Å². The highest BCUT2D eigenvalue weighted by Crippen LogP contribution is 2.27. The second-order valence-electron chi connectivity index (χ2n) is 3.66. The summed E-state index contributed by atoms with van der Waals surface area (Å²) < 4.78 is 12.9. The highest BCUT2D eigenvalue weighted by molar-refractivity contribution is 5.51. The second-order valence-corrected chi connectivity index (χ2v) is 3.66. The van der Waals surface area contributed by atoms with E-state index in [2.05, 4.69) is 5.32 Å². The maximum atomic E-state index is 12.9. The van der Waals surface area contributed by atoms with Crippen molar-refractivity contribution in [3.05, 3.63) is 29.8 Å². The van der Waals surface area contributed by atoms with E-state index in [4.69, 9.17) is 0 Å². The Hall–Kier alpha value is -1.05. The summed E-state index contributed by atoms with van der Waals surface area (Å²) in [6.45, 7) is 2.04. The quantitative estimate of drug-likeness (QED) is 0.736. The number of alkyl halides is 1. The number of nitrogens with one attached hydrogen (secondary N) is 1. The van der Waals surface area contributed by atoms with Crippen molar-refractivity contribution >= 4 is 5.69 Å². The van der Waals surface area contributed by atoms with Gasteiger partial charge in [-0.05, 0) is 31.4 Å². The minimum Gasteiger partial charge on any atom is -0.379 e. The van der Waals surface area contributed by atoms with Gasteiger partial charge in [-0.25, -0.2) is 4.39 Å². The Morgan fingerprint density at radius 3 is 2.62 bits per heavy atom. The molecule has 0 saturated heterocycles. The minimum absolute atomic E-state index is 0.0427. The summed E-state index contributed by atoms with van der Waals surface area (Å²) >= 11 is 0. The van der Waals surface area contributed by atoms with Crippen LogP contribution in [0, 0.1) is 6.92 Å². The van der Waals surface area contributed by atoms with Gasteiger partial charge in [0, 0.05) is 5.69 Å². The Labute approximate surface area is 78.0 Å². The predicted molar refractivity (Wildman–Crippen MR) is 52.7 cm³/mol. The maximum Gasteiger partial charge on any atom is 0.120 e. The van der Waals surface area contributed by atoms with E-state index in [0.717, 1.165) is 12.1 Å². The Bertz CT molecular complexity index is 298. The number of benzene rings is 1. The smallest absolute Gasteiger partial charge is 0.120 e. The molecular formula is C11H14FN. The Balaban J connectivity index is 2.05. The van der Waals surface area contributed by atoms with Crippen molar-refractivity contribution in [2.45, 2.75) is 32.0 Å². The summed E-state index contributed by atoms with van der Waals surface area (Å²) in [7, 11) is 0. The minimum atomic E-state index is -0.653. The van der Waals surface area contributed by atoms with Crippen molar-refractivity contribution in [2.75, 3.05) is 5.32 Å². The van der Waals surface area contributed by atoms with E-state index >= 15 is 0 Å². The first-order chi connectivity index (χ1) is 6.27. The van der Waals surface area contributed by atoms with E-state index in [-0.39, 0.29) is 6.04 Å². The monoisotopic (exact) mass is 179 g/mol. The topological polar surface area (TPSA) is 12.0 Å². The average Bonchev–Trinajstić information content (AvgIpc) is 2.14. The summed E-state index contributed by atoms with van der Waals surface area (Å²) in [6.07, 6.45) is 1.01. The molecule has 1 aliphatic carbocycles. The molecule has 13 heavy (non-hydrogen) atoms. The van der Waals surface area contributed by atoms with Crippen molar-refractivity contribution < 1.29 is 4.39 Å². The summed E-state index contributed by atoms with van der Waals surface area (Å²) in [5, 5.41) is 3.22. The number of anilines is 1. The molecule has 1 N–H and O–H groups in total. The van der Waals surface area contributed by atoms with Crippen molar-refractivity contribution in [3.8, 4) is 0 Å². The lowest BCUT2D eigenvalue weighted by Gasteiger charge is -2.32. The molecule has 2 unspecified atom stereocenters. The first kappa shape index (κ1) is 8.54. The molecule has 1 nitrogen and oxygen atoms in total. The third-order valence-corrected chi connectivity index (χ3v) is 2.68.